The van der Waals surface area contributed by atoms with Crippen LogP contribution in [-0.4, -0.2) is 5.78 Å². The number of carbonyl (C=O) groups excluding carboxylic acids is 1. The van der Waals surface area contributed by atoms with Crippen molar-refractivity contribution in [2.45, 2.75) is 32.6 Å². The summed E-state index contributed by atoms with van der Waals surface area (Å²) in [6.45, 7) is 8.98. The molecule has 0 bridgehead atoms. The first-order chi connectivity index (χ1) is 7.27. The second kappa shape index (κ2) is 5.98. The molecule has 0 aliphatic carbocycles. The zero-order chi connectivity index (χ0) is 11.1. The minimum absolute atomic E-state index is 0.147. The molecule has 0 fully saturated rings. The van der Waals surface area contributed by atoms with Crippen molar-refractivity contribution in [1.29, 1.82) is 0 Å². The van der Waals surface area contributed by atoms with Crippen LogP contribution in [0.1, 0.15) is 43.0 Å². The van der Waals surface area contributed by atoms with Gasteiger partial charge in [0.2, 0.25) is 0 Å². The van der Waals surface area contributed by atoms with E-state index in [1.54, 1.807) is 24.3 Å². The summed E-state index contributed by atoms with van der Waals surface area (Å²) >= 11 is 0. The molecule has 0 spiro atoms. The molecule has 0 unspecified atom stereocenters. The first-order valence-corrected chi connectivity index (χ1v) is 5.28. The Bertz CT molecular complexity index is 376. The summed E-state index contributed by atoms with van der Waals surface area (Å²) in [6.07, 6.45) is 3.75. The van der Waals surface area contributed by atoms with Gasteiger partial charge in [0.1, 0.15) is 0 Å². The number of rotatable bonds is 5. The largest absolute Gasteiger partial charge is 0.294 e. The maximum absolute atomic E-state index is 11.7. The van der Waals surface area contributed by atoms with Crippen LogP contribution >= 0.6 is 0 Å². The van der Waals surface area contributed by atoms with Crippen LogP contribution in [0.4, 0.5) is 5.69 Å². The molecule has 0 saturated carbocycles. The molecule has 15 heavy (non-hydrogen) atoms. The van der Waals surface area contributed by atoms with E-state index in [1.807, 2.05) is 0 Å². The van der Waals surface area contributed by atoms with Crippen molar-refractivity contribution < 1.29 is 4.79 Å². The van der Waals surface area contributed by atoms with E-state index in [2.05, 4.69) is 11.8 Å². The summed E-state index contributed by atoms with van der Waals surface area (Å²) < 4.78 is 0. The lowest BCUT2D eigenvalue weighted by atomic mass is 10.0. The Labute approximate surface area is 90.8 Å². The third-order valence-corrected chi connectivity index (χ3v) is 2.30. The first kappa shape index (κ1) is 11.5. The molecule has 0 aliphatic heterocycles. The summed E-state index contributed by atoms with van der Waals surface area (Å²) in [7, 11) is 0. The maximum atomic E-state index is 11.7. The minimum Gasteiger partial charge on any atom is -0.294 e. The third-order valence-electron chi connectivity index (χ3n) is 2.30. The smallest absolute Gasteiger partial charge is 0.187 e. The topological polar surface area (TPSA) is 21.4 Å². The summed E-state index contributed by atoms with van der Waals surface area (Å²) in [6, 6.07) is 6.93. The predicted molar refractivity (Wildman–Crippen MR) is 61.2 cm³/mol. The Morgan fingerprint density at radius 3 is 2.87 bits per heavy atom. The van der Waals surface area contributed by atoms with Gasteiger partial charge in [-0.05, 0) is 12.5 Å². The quantitative estimate of drug-likeness (QED) is 0.401. The summed E-state index contributed by atoms with van der Waals surface area (Å²) in [5, 5.41) is 0. The van der Waals surface area contributed by atoms with Gasteiger partial charge in [-0.1, -0.05) is 38.0 Å². The average Bonchev–Trinajstić information content (AvgIpc) is 2.29. The van der Waals surface area contributed by atoms with E-state index < -0.39 is 0 Å². The summed E-state index contributed by atoms with van der Waals surface area (Å²) in [4.78, 5) is 15.0. The van der Waals surface area contributed by atoms with E-state index in [-0.39, 0.29) is 5.78 Å². The zero-order valence-electron chi connectivity index (χ0n) is 8.99. The van der Waals surface area contributed by atoms with Gasteiger partial charge in [-0.2, -0.15) is 0 Å². The number of benzene rings is 1. The van der Waals surface area contributed by atoms with E-state index in [4.69, 9.17) is 6.57 Å². The van der Waals surface area contributed by atoms with Crippen LogP contribution in [0.3, 0.4) is 0 Å². The highest BCUT2D eigenvalue weighted by Gasteiger charge is 2.05. The Morgan fingerprint density at radius 2 is 2.20 bits per heavy atom. The lowest BCUT2D eigenvalue weighted by molar-refractivity contribution is 0.0979. The number of hydrogen-bond acceptors (Lipinski definition) is 1. The van der Waals surface area contributed by atoms with Crippen molar-refractivity contribution >= 4 is 11.5 Å². The highest BCUT2D eigenvalue weighted by atomic mass is 16.1. The molecule has 2 heteroatoms. The second-order valence-corrected chi connectivity index (χ2v) is 3.54. The van der Waals surface area contributed by atoms with Gasteiger partial charge in [-0.25, -0.2) is 4.85 Å². The van der Waals surface area contributed by atoms with Crippen molar-refractivity contribution in [1.82, 2.24) is 0 Å². The lowest BCUT2D eigenvalue weighted by Crippen LogP contribution is -1.98. The number of hydrogen-bond donors (Lipinski definition) is 0. The number of Topliss-reactive ketones (excluding diaryl/α,β-unsaturated/α-hetero) is 1. The average molecular weight is 201 g/mol. The molecule has 1 rings (SSSR count). The van der Waals surface area contributed by atoms with Crippen LogP contribution in [0.2, 0.25) is 0 Å². The fraction of sp³-hybridized carbons (Fsp3) is 0.385. The maximum Gasteiger partial charge on any atom is 0.187 e. The van der Waals surface area contributed by atoms with Crippen LogP contribution in [0.25, 0.3) is 4.85 Å². The van der Waals surface area contributed by atoms with Crippen molar-refractivity contribution in [3.8, 4) is 0 Å². The number of nitrogens with zero attached hydrogens (tertiary/aromatic N) is 1. The highest BCUT2D eigenvalue weighted by molar-refractivity contribution is 5.96. The summed E-state index contributed by atoms with van der Waals surface area (Å²) in [5.41, 5.74) is 1.20. The van der Waals surface area contributed by atoms with E-state index in [9.17, 15) is 4.79 Å². The normalized spacial score (nSPS) is 9.60. The van der Waals surface area contributed by atoms with Gasteiger partial charge in [0.25, 0.3) is 0 Å². The molecule has 0 saturated heterocycles. The van der Waals surface area contributed by atoms with Gasteiger partial charge >= 0.3 is 0 Å². The van der Waals surface area contributed by atoms with Crippen molar-refractivity contribution in [3.63, 3.8) is 0 Å². The van der Waals surface area contributed by atoms with E-state index >= 15 is 0 Å². The van der Waals surface area contributed by atoms with Gasteiger partial charge < -0.3 is 0 Å². The van der Waals surface area contributed by atoms with E-state index in [0.29, 0.717) is 17.7 Å². The molecule has 2 nitrogen and oxygen atoms in total. The Balaban J connectivity index is 2.62. The number of ketones is 1. The van der Waals surface area contributed by atoms with Crippen molar-refractivity contribution in [2.24, 2.45) is 0 Å². The second-order valence-electron chi connectivity index (χ2n) is 3.54. The zero-order valence-corrected chi connectivity index (χ0v) is 8.99. The van der Waals surface area contributed by atoms with Crippen molar-refractivity contribution in [3.05, 3.63) is 41.2 Å². The summed E-state index contributed by atoms with van der Waals surface area (Å²) in [5.74, 6) is 0.147. The number of carbonyl (C=O) groups is 1. The van der Waals surface area contributed by atoms with Gasteiger partial charge in [0.05, 0.1) is 6.57 Å². The fourth-order valence-corrected chi connectivity index (χ4v) is 1.43. The highest BCUT2D eigenvalue weighted by Crippen LogP contribution is 2.16. The van der Waals surface area contributed by atoms with Crippen LogP contribution in [0.15, 0.2) is 24.3 Å². The number of unbranched alkanes of at least 4 members (excludes halogenated alkanes) is 2. The van der Waals surface area contributed by atoms with E-state index in [0.717, 1.165) is 19.3 Å². The molecule has 1 aromatic carbocycles. The van der Waals surface area contributed by atoms with Crippen LogP contribution in [0, 0.1) is 6.57 Å². The molecule has 78 valence electrons. The molecule has 0 N–H and O–H groups in total. The minimum atomic E-state index is 0.147. The van der Waals surface area contributed by atoms with E-state index in [1.165, 1.54) is 0 Å². The Kier molecular flexibility index (Phi) is 4.56. The fourth-order valence-electron chi connectivity index (χ4n) is 1.43. The molecule has 0 radical (unpaired) electrons. The standard InChI is InChI=1S/C13H15NO/c1-3-4-5-9-13(15)11-7-6-8-12(10-11)14-2/h6-8,10H,3-5,9H2,1H3. The molecular formula is C13H15NO. The van der Waals surface area contributed by atoms with Crippen molar-refractivity contribution in [2.75, 3.05) is 0 Å². The molecular weight excluding hydrogens is 186 g/mol. The van der Waals surface area contributed by atoms with Crippen LogP contribution in [-0.2, 0) is 0 Å². The predicted octanol–water partition coefficient (Wildman–Crippen LogP) is 4.00. The molecule has 0 heterocycles. The van der Waals surface area contributed by atoms with Gasteiger partial charge in [-0.3, -0.25) is 4.79 Å². The van der Waals surface area contributed by atoms with Crippen LogP contribution < -0.4 is 0 Å². The lowest BCUT2D eigenvalue weighted by Gasteiger charge is -2.00. The van der Waals surface area contributed by atoms with Gasteiger partial charge in [-0.15, -0.1) is 0 Å². The third kappa shape index (κ3) is 3.55. The monoisotopic (exact) mass is 201 g/mol. The molecule has 0 amide bonds. The van der Waals surface area contributed by atoms with Crippen LogP contribution in [0.5, 0.6) is 0 Å². The first-order valence-electron chi connectivity index (χ1n) is 5.28. The molecule has 1 aromatic rings. The van der Waals surface area contributed by atoms with Gasteiger partial charge in [0.15, 0.2) is 11.5 Å². The Morgan fingerprint density at radius 1 is 1.40 bits per heavy atom. The molecule has 0 aromatic heterocycles. The van der Waals surface area contributed by atoms with Gasteiger partial charge in [0, 0.05) is 12.0 Å². The molecule has 0 atom stereocenters. The SMILES string of the molecule is [C-]#[N+]c1cccc(C(=O)CCCCC)c1. The molecule has 0 aliphatic rings. The Hall–Kier alpha value is -1.62.